The third-order valence-corrected chi connectivity index (χ3v) is 3.76. The maximum absolute atomic E-state index is 11.2. The van der Waals surface area contributed by atoms with E-state index in [1.54, 1.807) is 12.1 Å². The standard InChI is InChI=1S/C12H19B2N2O4P/c1-16(2)7-12(13,14)8-6-15-9-4-3-5-10(11(8)9)20-21(17,18)19/h3-6,15H,7,13-14H2,1-2H3,(H2,17,18,19). The third-order valence-electron chi connectivity index (χ3n) is 3.33. The summed E-state index contributed by atoms with van der Waals surface area (Å²) in [6.45, 7) is 0.796. The van der Waals surface area contributed by atoms with Crippen LogP contribution in [0.5, 0.6) is 5.75 Å². The first-order valence-electron chi connectivity index (χ1n) is 6.60. The number of benzene rings is 1. The summed E-state index contributed by atoms with van der Waals surface area (Å²) in [5, 5.41) is 0.517. The molecule has 0 radical (unpaired) electrons. The highest BCUT2D eigenvalue weighted by Gasteiger charge is 2.28. The van der Waals surface area contributed by atoms with Crippen LogP contribution in [0.1, 0.15) is 5.56 Å². The molecule has 6 nitrogen and oxygen atoms in total. The zero-order valence-corrected chi connectivity index (χ0v) is 13.5. The first kappa shape index (κ1) is 16.2. The molecule has 21 heavy (non-hydrogen) atoms. The van der Waals surface area contributed by atoms with Crippen molar-refractivity contribution in [2.24, 2.45) is 0 Å². The van der Waals surface area contributed by atoms with Gasteiger partial charge in [0.2, 0.25) is 0 Å². The Morgan fingerprint density at radius 1 is 1.38 bits per heavy atom. The second kappa shape index (κ2) is 5.54. The van der Waals surface area contributed by atoms with E-state index in [4.69, 9.17) is 14.3 Å². The molecule has 0 atom stereocenters. The Labute approximate surface area is 125 Å². The zero-order chi connectivity index (χ0) is 15.8. The van der Waals surface area contributed by atoms with Crippen molar-refractivity contribution >= 4 is 34.4 Å². The third kappa shape index (κ3) is 3.71. The molecule has 0 bridgehead atoms. The van der Waals surface area contributed by atoms with Gasteiger partial charge >= 0.3 is 7.82 Å². The molecule has 0 aliphatic heterocycles. The Morgan fingerprint density at radius 3 is 2.62 bits per heavy atom. The SMILES string of the molecule is BC(B)(CN(C)C)c1c[nH]c2cccc(OP(=O)(O)O)c12. The quantitative estimate of drug-likeness (QED) is 0.518. The Hall–Kier alpha value is -1.20. The molecule has 0 saturated carbocycles. The largest absolute Gasteiger partial charge is 0.524 e. The number of aromatic nitrogens is 1. The van der Waals surface area contributed by atoms with Crippen LogP contribution in [0.2, 0.25) is 0 Å². The molecular formula is C12H19B2N2O4P. The summed E-state index contributed by atoms with van der Waals surface area (Å²) in [6.07, 6.45) is 1.88. The van der Waals surface area contributed by atoms with Crippen molar-refractivity contribution in [2.75, 3.05) is 20.6 Å². The Bertz CT molecular complexity index is 696. The number of rotatable bonds is 5. The molecule has 0 fully saturated rings. The van der Waals surface area contributed by atoms with Crippen molar-refractivity contribution in [1.82, 2.24) is 9.88 Å². The number of hydrogen-bond acceptors (Lipinski definition) is 3. The Balaban J connectivity index is 2.58. The van der Waals surface area contributed by atoms with Crippen LogP contribution in [0, 0.1) is 0 Å². The van der Waals surface area contributed by atoms with Crippen molar-refractivity contribution < 1.29 is 18.9 Å². The minimum atomic E-state index is -4.59. The molecule has 0 amide bonds. The highest BCUT2D eigenvalue weighted by molar-refractivity contribution is 7.46. The summed E-state index contributed by atoms with van der Waals surface area (Å²) < 4.78 is 16.0. The fourth-order valence-corrected chi connectivity index (χ4v) is 3.17. The van der Waals surface area contributed by atoms with Gasteiger partial charge in [-0.05, 0) is 43.5 Å². The van der Waals surface area contributed by atoms with Crippen molar-refractivity contribution in [3.8, 4) is 5.75 Å². The van der Waals surface area contributed by atoms with Gasteiger partial charge in [-0.15, -0.1) is 0 Å². The average molecular weight is 308 g/mol. The normalized spacial score (nSPS) is 13.0. The summed E-state index contributed by atoms with van der Waals surface area (Å²) >= 11 is 0. The maximum Gasteiger partial charge on any atom is 0.524 e. The number of nitrogens with one attached hydrogen (secondary N) is 1. The van der Waals surface area contributed by atoms with E-state index in [1.165, 1.54) is 0 Å². The summed E-state index contributed by atoms with van der Waals surface area (Å²) in [7, 11) is 3.56. The minimum Gasteiger partial charge on any atom is -0.404 e. The van der Waals surface area contributed by atoms with E-state index >= 15 is 0 Å². The van der Waals surface area contributed by atoms with E-state index in [-0.39, 0.29) is 11.0 Å². The number of hydrogen-bond donors (Lipinski definition) is 3. The minimum absolute atomic E-state index is 0.198. The lowest BCUT2D eigenvalue weighted by molar-refractivity contribution is 0.284. The van der Waals surface area contributed by atoms with Crippen LogP contribution in [0.4, 0.5) is 0 Å². The molecule has 112 valence electrons. The van der Waals surface area contributed by atoms with Gasteiger partial charge in [-0.25, -0.2) is 4.57 Å². The first-order chi connectivity index (χ1) is 9.60. The smallest absolute Gasteiger partial charge is 0.404 e. The predicted octanol–water partition coefficient (Wildman–Crippen LogP) is -0.380. The predicted molar refractivity (Wildman–Crippen MR) is 88.3 cm³/mol. The van der Waals surface area contributed by atoms with Crippen LogP contribution < -0.4 is 4.52 Å². The van der Waals surface area contributed by atoms with E-state index in [0.29, 0.717) is 5.39 Å². The van der Waals surface area contributed by atoms with Crippen molar-refractivity contribution in [2.45, 2.75) is 5.21 Å². The summed E-state index contributed by atoms with van der Waals surface area (Å²) in [4.78, 5) is 23.4. The number of aromatic amines is 1. The lowest BCUT2D eigenvalue weighted by atomic mass is 9.51. The van der Waals surface area contributed by atoms with Gasteiger partial charge in [-0.3, -0.25) is 9.79 Å². The molecule has 2 aromatic rings. The molecule has 1 aromatic carbocycles. The second-order valence-corrected chi connectivity index (χ2v) is 7.25. The number of nitrogens with zero attached hydrogens (tertiary/aromatic N) is 1. The topological polar surface area (TPSA) is 85.8 Å². The fraction of sp³-hybridized carbons (Fsp3) is 0.333. The summed E-state index contributed by atoms with van der Waals surface area (Å²) in [5.74, 6) is 0.198. The highest BCUT2D eigenvalue weighted by atomic mass is 31.2. The van der Waals surface area contributed by atoms with Crippen LogP contribution in [-0.2, 0) is 9.78 Å². The van der Waals surface area contributed by atoms with Crippen LogP contribution in [-0.4, -0.2) is 56.0 Å². The lowest BCUT2D eigenvalue weighted by Gasteiger charge is -2.28. The van der Waals surface area contributed by atoms with E-state index in [1.807, 2.05) is 26.4 Å². The molecule has 2 rings (SSSR count). The molecule has 1 aromatic heterocycles. The van der Waals surface area contributed by atoms with E-state index in [2.05, 4.69) is 25.6 Å². The molecule has 9 heteroatoms. The highest BCUT2D eigenvalue weighted by Crippen LogP contribution is 2.42. The van der Waals surface area contributed by atoms with Gasteiger partial charge in [0.25, 0.3) is 0 Å². The Morgan fingerprint density at radius 2 is 2.05 bits per heavy atom. The van der Waals surface area contributed by atoms with Gasteiger partial charge in [0.15, 0.2) is 0 Å². The van der Waals surface area contributed by atoms with Crippen LogP contribution in [0.15, 0.2) is 24.4 Å². The molecule has 3 N–H and O–H groups in total. The molecule has 0 aliphatic carbocycles. The maximum atomic E-state index is 11.2. The van der Waals surface area contributed by atoms with Gasteiger partial charge in [0.05, 0.1) is 0 Å². The van der Waals surface area contributed by atoms with Gasteiger partial charge in [-0.2, -0.15) is 0 Å². The van der Waals surface area contributed by atoms with Gasteiger partial charge in [0.1, 0.15) is 21.4 Å². The molecular weight excluding hydrogens is 289 g/mol. The molecule has 0 unspecified atom stereocenters. The van der Waals surface area contributed by atoms with Crippen molar-refractivity contribution in [3.63, 3.8) is 0 Å². The van der Waals surface area contributed by atoms with Crippen molar-refractivity contribution in [1.29, 1.82) is 0 Å². The van der Waals surface area contributed by atoms with Gasteiger partial charge in [0, 0.05) is 17.1 Å². The zero-order valence-electron chi connectivity index (χ0n) is 12.6. The van der Waals surface area contributed by atoms with Gasteiger partial charge in [-0.1, -0.05) is 6.07 Å². The number of H-pyrrole nitrogens is 1. The van der Waals surface area contributed by atoms with Crippen LogP contribution in [0.25, 0.3) is 10.9 Å². The van der Waals surface area contributed by atoms with Crippen LogP contribution in [0.3, 0.4) is 0 Å². The number of phosphoric ester groups is 1. The first-order valence-corrected chi connectivity index (χ1v) is 8.14. The molecule has 0 spiro atoms. The van der Waals surface area contributed by atoms with E-state index in [0.717, 1.165) is 17.6 Å². The monoisotopic (exact) mass is 308 g/mol. The van der Waals surface area contributed by atoms with Crippen LogP contribution >= 0.6 is 7.82 Å². The number of fused-ring (bicyclic) bond motifs is 1. The number of likely N-dealkylation sites (N-methyl/N-ethyl adjacent to an activating group) is 1. The molecule has 1 heterocycles. The lowest BCUT2D eigenvalue weighted by Crippen LogP contribution is -2.38. The molecule has 0 aliphatic rings. The van der Waals surface area contributed by atoms with Crippen molar-refractivity contribution in [3.05, 3.63) is 30.0 Å². The fourth-order valence-electron chi connectivity index (χ4n) is 2.77. The number of phosphoric acid groups is 1. The Kier molecular flexibility index (Phi) is 4.26. The second-order valence-electron chi connectivity index (χ2n) is 6.08. The summed E-state index contributed by atoms with van der Waals surface area (Å²) in [5.41, 5.74) is 1.76. The average Bonchev–Trinajstić information content (AvgIpc) is 2.70. The van der Waals surface area contributed by atoms with E-state index < -0.39 is 7.82 Å². The van der Waals surface area contributed by atoms with E-state index in [9.17, 15) is 4.57 Å². The molecule has 0 saturated heterocycles. The summed E-state index contributed by atoms with van der Waals surface area (Å²) in [6, 6.07) is 5.13. The van der Waals surface area contributed by atoms with Gasteiger partial charge < -0.3 is 14.4 Å².